The molecule has 4 N–H and O–H groups in total. The molecule has 0 spiro atoms. The molecule has 32 heavy (non-hydrogen) atoms. The normalized spacial score (nSPS) is 29.4. The topological polar surface area (TPSA) is 109 Å². The van der Waals surface area contributed by atoms with Gasteiger partial charge in [-0.15, -0.1) is 0 Å². The van der Waals surface area contributed by atoms with Gasteiger partial charge in [-0.25, -0.2) is 0 Å². The molecule has 5 atom stereocenters. The third-order valence-electron chi connectivity index (χ3n) is 6.10. The summed E-state index contributed by atoms with van der Waals surface area (Å²) in [6.45, 7) is 3.71. The molecule has 0 unspecified atom stereocenters. The summed E-state index contributed by atoms with van der Waals surface area (Å²) in [5.74, 6) is 0.794. The molecule has 0 bridgehead atoms. The largest absolute Gasteiger partial charge is 0.493 e. The van der Waals surface area contributed by atoms with E-state index in [-0.39, 0.29) is 5.41 Å². The molecule has 8 heteroatoms. The second-order valence-electron chi connectivity index (χ2n) is 9.01. The molecular formula is C24H29ClO7. The molecule has 4 rings (SSSR count). The van der Waals surface area contributed by atoms with Crippen molar-refractivity contribution >= 4 is 11.6 Å². The maximum Gasteiger partial charge on any atom is 0.119 e. The van der Waals surface area contributed by atoms with Crippen molar-refractivity contribution in [2.45, 2.75) is 43.9 Å². The molecule has 0 saturated carbocycles. The Morgan fingerprint density at radius 3 is 2.38 bits per heavy atom. The zero-order valence-corrected chi connectivity index (χ0v) is 18.6. The van der Waals surface area contributed by atoms with E-state index in [0.29, 0.717) is 36.8 Å². The predicted molar refractivity (Wildman–Crippen MR) is 118 cm³/mol. The molecule has 0 aromatic heterocycles. The lowest BCUT2D eigenvalue weighted by Gasteiger charge is -2.40. The average molecular weight is 465 g/mol. The van der Waals surface area contributed by atoms with Gasteiger partial charge in [-0.2, -0.15) is 0 Å². The predicted octanol–water partition coefficient (Wildman–Crippen LogP) is 1.86. The van der Waals surface area contributed by atoms with Gasteiger partial charge in [0, 0.05) is 10.4 Å². The molecule has 0 radical (unpaired) electrons. The third kappa shape index (κ3) is 4.94. The highest BCUT2D eigenvalue weighted by Crippen LogP contribution is 2.34. The van der Waals surface area contributed by atoms with Crippen molar-refractivity contribution in [3.05, 3.63) is 64.2 Å². The minimum absolute atomic E-state index is 0.0804. The number of aliphatic hydroxyl groups is 4. The Kier molecular flexibility index (Phi) is 7.07. The van der Waals surface area contributed by atoms with Crippen LogP contribution >= 0.6 is 11.6 Å². The van der Waals surface area contributed by atoms with Gasteiger partial charge in [0.05, 0.1) is 26.4 Å². The fourth-order valence-electron chi connectivity index (χ4n) is 4.00. The molecule has 2 saturated heterocycles. The van der Waals surface area contributed by atoms with Crippen molar-refractivity contribution in [2.75, 3.05) is 26.4 Å². The van der Waals surface area contributed by atoms with Crippen LogP contribution in [0.2, 0.25) is 5.02 Å². The second kappa shape index (κ2) is 9.65. The molecule has 2 aliphatic heterocycles. The second-order valence-corrected chi connectivity index (χ2v) is 9.42. The SMILES string of the molecule is CC1(COc2ccc(Cc3cc([C@@H]4O[C@H](CO)[C@@H](O)[C@H](O)[C@H]4O)ccc3Cl)cc2)COC1. The maximum absolute atomic E-state index is 10.4. The van der Waals surface area contributed by atoms with E-state index >= 15 is 0 Å². The number of ether oxygens (including phenoxy) is 3. The first-order chi connectivity index (χ1) is 15.3. The minimum atomic E-state index is -1.42. The Hall–Kier alpha value is -1.71. The molecule has 7 nitrogen and oxygen atoms in total. The van der Waals surface area contributed by atoms with Gasteiger partial charge < -0.3 is 34.6 Å². The third-order valence-corrected chi connectivity index (χ3v) is 6.47. The van der Waals surface area contributed by atoms with E-state index in [4.69, 9.17) is 25.8 Å². The summed E-state index contributed by atoms with van der Waals surface area (Å²) in [5.41, 5.74) is 2.55. The first kappa shape index (κ1) is 23.4. The lowest BCUT2D eigenvalue weighted by atomic mass is 9.90. The Balaban J connectivity index is 1.46. The van der Waals surface area contributed by atoms with Crippen LogP contribution in [0.3, 0.4) is 0 Å². The van der Waals surface area contributed by atoms with Gasteiger partial charge in [-0.05, 0) is 41.3 Å². The summed E-state index contributed by atoms with van der Waals surface area (Å²) in [6, 6.07) is 13.0. The van der Waals surface area contributed by atoms with Crippen molar-refractivity contribution in [1.29, 1.82) is 0 Å². The number of hydrogen-bond donors (Lipinski definition) is 4. The van der Waals surface area contributed by atoms with Crippen LogP contribution in [0, 0.1) is 5.41 Å². The van der Waals surface area contributed by atoms with Crippen LogP contribution in [-0.4, -0.2) is 71.3 Å². The fraction of sp³-hybridized carbons (Fsp3) is 0.500. The van der Waals surface area contributed by atoms with E-state index in [1.165, 1.54) is 0 Å². The van der Waals surface area contributed by atoms with Crippen LogP contribution in [0.15, 0.2) is 42.5 Å². The summed E-state index contributed by atoms with van der Waals surface area (Å²) in [5, 5.41) is 40.5. The van der Waals surface area contributed by atoms with Crippen molar-refractivity contribution in [3.63, 3.8) is 0 Å². The Morgan fingerprint density at radius 2 is 1.75 bits per heavy atom. The van der Waals surface area contributed by atoms with Crippen LogP contribution in [0.5, 0.6) is 5.75 Å². The van der Waals surface area contributed by atoms with Crippen LogP contribution in [0.1, 0.15) is 29.7 Å². The Morgan fingerprint density at radius 1 is 1.03 bits per heavy atom. The van der Waals surface area contributed by atoms with Crippen LogP contribution in [-0.2, 0) is 15.9 Å². The highest BCUT2D eigenvalue weighted by molar-refractivity contribution is 6.31. The van der Waals surface area contributed by atoms with Crippen LogP contribution < -0.4 is 4.74 Å². The van der Waals surface area contributed by atoms with Crippen molar-refractivity contribution < 1.29 is 34.6 Å². The lowest BCUT2D eigenvalue weighted by Crippen LogP contribution is -2.55. The van der Waals surface area contributed by atoms with Gasteiger partial charge in [-0.3, -0.25) is 0 Å². The number of rotatable bonds is 7. The van der Waals surface area contributed by atoms with Gasteiger partial charge in [-0.1, -0.05) is 42.8 Å². The van der Waals surface area contributed by atoms with E-state index < -0.39 is 37.1 Å². The molecule has 2 heterocycles. The number of aliphatic hydroxyl groups excluding tert-OH is 4. The zero-order valence-electron chi connectivity index (χ0n) is 17.9. The van der Waals surface area contributed by atoms with Crippen LogP contribution in [0.25, 0.3) is 0 Å². The molecule has 2 fully saturated rings. The minimum Gasteiger partial charge on any atom is -0.493 e. The molecule has 0 amide bonds. The summed E-state index contributed by atoms with van der Waals surface area (Å²) in [7, 11) is 0. The number of benzene rings is 2. The number of hydrogen-bond acceptors (Lipinski definition) is 7. The highest BCUT2D eigenvalue weighted by Gasteiger charge is 2.44. The quantitative estimate of drug-likeness (QED) is 0.495. The molecular weight excluding hydrogens is 436 g/mol. The first-order valence-corrected chi connectivity index (χ1v) is 11.1. The smallest absolute Gasteiger partial charge is 0.119 e. The summed E-state index contributed by atoms with van der Waals surface area (Å²) in [4.78, 5) is 0. The Labute approximate surface area is 192 Å². The van der Waals surface area contributed by atoms with Gasteiger partial charge >= 0.3 is 0 Å². The lowest BCUT2D eigenvalue weighted by molar-refractivity contribution is -0.231. The van der Waals surface area contributed by atoms with Crippen molar-refractivity contribution in [2.24, 2.45) is 5.41 Å². The maximum atomic E-state index is 10.4. The molecule has 174 valence electrons. The Bertz CT molecular complexity index is 913. The van der Waals surface area contributed by atoms with Gasteiger partial charge in [0.2, 0.25) is 0 Å². The number of halogens is 1. The van der Waals surface area contributed by atoms with E-state index in [9.17, 15) is 20.4 Å². The summed E-state index contributed by atoms with van der Waals surface area (Å²) in [6.07, 6.45) is -5.45. The van der Waals surface area contributed by atoms with Gasteiger partial charge in [0.15, 0.2) is 0 Å². The fourth-order valence-corrected chi connectivity index (χ4v) is 4.18. The monoisotopic (exact) mass is 464 g/mol. The van der Waals surface area contributed by atoms with E-state index in [1.54, 1.807) is 12.1 Å². The van der Waals surface area contributed by atoms with E-state index in [0.717, 1.165) is 16.9 Å². The zero-order chi connectivity index (χ0) is 22.9. The molecule has 0 aliphatic carbocycles. The van der Waals surface area contributed by atoms with Crippen molar-refractivity contribution in [3.8, 4) is 5.75 Å². The molecule has 2 aromatic rings. The van der Waals surface area contributed by atoms with Crippen LogP contribution in [0.4, 0.5) is 0 Å². The molecule has 2 aliphatic rings. The van der Waals surface area contributed by atoms with Gasteiger partial charge in [0.25, 0.3) is 0 Å². The van der Waals surface area contributed by atoms with E-state index in [1.807, 2.05) is 30.3 Å². The van der Waals surface area contributed by atoms with E-state index in [2.05, 4.69) is 6.92 Å². The average Bonchev–Trinajstić information content (AvgIpc) is 2.77. The first-order valence-electron chi connectivity index (χ1n) is 10.7. The summed E-state index contributed by atoms with van der Waals surface area (Å²) >= 11 is 6.41. The summed E-state index contributed by atoms with van der Waals surface area (Å²) < 4.78 is 16.8. The standard InChI is InChI=1S/C24H29ClO7/c1-24(11-30-12-24)13-31-17-5-2-14(3-6-17)8-16-9-15(4-7-18(16)25)23-22(29)21(28)20(27)19(10-26)32-23/h2-7,9,19-23,26-29H,8,10-13H2,1H3/t19-,20-,21+,22-,23+/m1/s1. The van der Waals surface area contributed by atoms with Gasteiger partial charge in [0.1, 0.15) is 36.3 Å². The molecule has 2 aromatic carbocycles. The highest BCUT2D eigenvalue weighted by atomic mass is 35.5. The van der Waals surface area contributed by atoms with Crippen molar-refractivity contribution in [1.82, 2.24) is 0 Å².